The molecule has 0 aromatic rings. The van der Waals surface area contributed by atoms with Gasteiger partial charge in [0.25, 0.3) is 0 Å². The maximum absolute atomic E-state index is 3.68. The standard InChI is InChI=1S/2C8H16N.2ClH/c2*1-5-7-9(3,4)8-6-2;;/h2*5-6H,1-2,7-8H2,3-4H3;2*1H/q2*+1;;/p-2. The van der Waals surface area contributed by atoms with E-state index in [1.54, 1.807) is 0 Å². The van der Waals surface area contributed by atoms with Gasteiger partial charge in [0.15, 0.2) is 0 Å². The molecule has 2 nitrogen and oxygen atoms in total. The lowest BCUT2D eigenvalue weighted by atomic mass is 10.4. The number of halogens is 2. The van der Waals surface area contributed by atoms with Crippen LogP contribution in [0.4, 0.5) is 0 Å². The summed E-state index contributed by atoms with van der Waals surface area (Å²) in [6.45, 7) is 18.7. The maximum atomic E-state index is 3.68. The van der Waals surface area contributed by atoms with Crippen LogP contribution in [0.5, 0.6) is 0 Å². The molecule has 4 heteroatoms. The van der Waals surface area contributed by atoms with Crippen LogP contribution in [-0.2, 0) is 0 Å². The van der Waals surface area contributed by atoms with Crippen molar-refractivity contribution in [2.45, 2.75) is 0 Å². The van der Waals surface area contributed by atoms with Gasteiger partial charge < -0.3 is 33.8 Å². The molecule has 0 heterocycles. The van der Waals surface area contributed by atoms with Gasteiger partial charge >= 0.3 is 0 Å². The molecule has 0 bridgehead atoms. The van der Waals surface area contributed by atoms with E-state index in [4.69, 9.17) is 0 Å². The minimum Gasteiger partial charge on any atom is -1.00 e. The fraction of sp³-hybridized carbons (Fsp3) is 0.500. The lowest BCUT2D eigenvalue weighted by molar-refractivity contribution is -0.878. The fourth-order valence-corrected chi connectivity index (χ4v) is 1.55. The summed E-state index contributed by atoms with van der Waals surface area (Å²) in [5.74, 6) is 0. The van der Waals surface area contributed by atoms with Crippen molar-refractivity contribution in [3.63, 3.8) is 0 Å². The molecule has 0 unspecified atom stereocenters. The Hall–Kier alpha value is -0.540. The monoisotopic (exact) mass is 322 g/mol. The van der Waals surface area contributed by atoms with Gasteiger partial charge in [0.05, 0.1) is 54.4 Å². The highest BCUT2D eigenvalue weighted by atomic mass is 35.5. The topological polar surface area (TPSA) is 0 Å². The maximum Gasteiger partial charge on any atom is 0.0969 e. The summed E-state index contributed by atoms with van der Waals surface area (Å²) in [4.78, 5) is 0. The van der Waals surface area contributed by atoms with Gasteiger partial charge in [-0.15, -0.1) is 0 Å². The highest BCUT2D eigenvalue weighted by molar-refractivity contribution is 4.70. The molecular formula is C16H32Cl2N2. The van der Waals surface area contributed by atoms with Crippen molar-refractivity contribution >= 4 is 0 Å². The molecule has 0 spiro atoms. The van der Waals surface area contributed by atoms with Crippen molar-refractivity contribution in [1.29, 1.82) is 0 Å². The zero-order valence-electron chi connectivity index (χ0n) is 13.6. The van der Waals surface area contributed by atoms with Gasteiger partial charge in [0.1, 0.15) is 0 Å². The van der Waals surface area contributed by atoms with E-state index in [-0.39, 0.29) is 24.8 Å². The molecule has 120 valence electrons. The second-order valence-electron chi connectivity index (χ2n) is 5.76. The van der Waals surface area contributed by atoms with Crippen LogP contribution in [0.1, 0.15) is 0 Å². The van der Waals surface area contributed by atoms with Crippen molar-refractivity contribution in [3.05, 3.63) is 50.6 Å². The molecule has 0 aromatic heterocycles. The Morgan fingerprint density at radius 2 is 0.700 bits per heavy atom. The van der Waals surface area contributed by atoms with Crippen LogP contribution in [-0.4, -0.2) is 63.3 Å². The van der Waals surface area contributed by atoms with Gasteiger partial charge in [-0.05, 0) is 24.3 Å². The van der Waals surface area contributed by atoms with E-state index in [9.17, 15) is 0 Å². The zero-order chi connectivity index (χ0) is 14.7. The Kier molecular flexibility index (Phi) is 20.6. The summed E-state index contributed by atoms with van der Waals surface area (Å²) < 4.78 is 1.90. The zero-order valence-corrected chi connectivity index (χ0v) is 15.1. The Morgan fingerprint density at radius 1 is 0.550 bits per heavy atom. The van der Waals surface area contributed by atoms with Gasteiger partial charge in [0.2, 0.25) is 0 Å². The normalized spacial score (nSPS) is 9.80. The van der Waals surface area contributed by atoms with Crippen molar-refractivity contribution < 1.29 is 33.8 Å². The molecule has 0 rings (SSSR count). The lowest BCUT2D eigenvalue weighted by Gasteiger charge is -2.26. The SMILES string of the molecule is C=CC[N+](C)(C)CC=C.C=CC[N+](C)(C)CC=C.[Cl-].[Cl-]. The number of hydrogen-bond donors (Lipinski definition) is 0. The van der Waals surface area contributed by atoms with E-state index in [2.05, 4.69) is 54.5 Å². The van der Waals surface area contributed by atoms with Gasteiger partial charge in [-0.1, -0.05) is 26.3 Å². The molecule has 0 aliphatic carbocycles. The molecule has 0 aliphatic rings. The quantitative estimate of drug-likeness (QED) is 0.328. The van der Waals surface area contributed by atoms with Crippen LogP contribution >= 0.6 is 0 Å². The number of nitrogens with zero attached hydrogens (tertiary/aromatic N) is 2. The molecule has 0 radical (unpaired) electrons. The minimum atomic E-state index is 0. The van der Waals surface area contributed by atoms with Crippen LogP contribution in [0.15, 0.2) is 50.6 Å². The summed E-state index contributed by atoms with van der Waals surface area (Å²) in [6.07, 6.45) is 7.74. The van der Waals surface area contributed by atoms with E-state index >= 15 is 0 Å². The third-order valence-corrected chi connectivity index (χ3v) is 2.49. The number of likely N-dealkylation sites (N-methyl/N-ethyl adjacent to an activating group) is 2. The summed E-state index contributed by atoms with van der Waals surface area (Å²) in [6, 6.07) is 0. The van der Waals surface area contributed by atoms with Crippen molar-refractivity contribution in [2.24, 2.45) is 0 Å². The second-order valence-corrected chi connectivity index (χ2v) is 5.76. The number of quaternary nitrogens is 2. The molecular weight excluding hydrogens is 291 g/mol. The molecule has 20 heavy (non-hydrogen) atoms. The predicted molar refractivity (Wildman–Crippen MR) is 84.5 cm³/mol. The Balaban J connectivity index is -0.000000116. The first-order valence-electron chi connectivity index (χ1n) is 6.32. The molecule has 0 N–H and O–H groups in total. The van der Waals surface area contributed by atoms with Crippen molar-refractivity contribution in [1.82, 2.24) is 0 Å². The van der Waals surface area contributed by atoms with Gasteiger partial charge in [0, 0.05) is 0 Å². The summed E-state index contributed by atoms with van der Waals surface area (Å²) >= 11 is 0. The van der Waals surface area contributed by atoms with Gasteiger partial charge in [-0.3, -0.25) is 0 Å². The van der Waals surface area contributed by atoms with Crippen LogP contribution in [0.3, 0.4) is 0 Å². The highest BCUT2D eigenvalue weighted by Crippen LogP contribution is 1.95. The Morgan fingerprint density at radius 3 is 0.800 bits per heavy atom. The molecule has 0 saturated carbocycles. The van der Waals surface area contributed by atoms with E-state index in [1.165, 1.54) is 0 Å². The molecule has 0 amide bonds. The highest BCUT2D eigenvalue weighted by Gasteiger charge is 2.08. The molecule has 0 aliphatic heterocycles. The van der Waals surface area contributed by atoms with Crippen molar-refractivity contribution in [3.8, 4) is 0 Å². The fourth-order valence-electron chi connectivity index (χ4n) is 1.55. The summed E-state index contributed by atoms with van der Waals surface area (Å²) in [5, 5.41) is 0. The van der Waals surface area contributed by atoms with Gasteiger partial charge in [-0.2, -0.15) is 0 Å². The first kappa shape index (κ1) is 27.7. The average Bonchev–Trinajstić information content (AvgIpc) is 2.17. The third kappa shape index (κ3) is 19.8. The second kappa shape index (κ2) is 14.9. The number of rotatable bonds is 8. The van der Waals surface area contributed by atoms with Crippen LogP contribution in [0, 0.1) is 0 Å². The first-order valence-corrected chi connectivity index (χ1v) is 6.32. The largest absolute Gasteiger partial charge is 1.00 e. The lowest BCUT2D eigenvalue weighted by Crippen LogP contribution is -3.00. The molecule has 0 aromatic carbocycles. The van der Waals surface area contributed by atoms with Crippen LogP contribution in [0.2, 0.25) is 0 Å². The minimum absolute atomic E-state index is 0. The van der Waals surface area contributed by atoms with Crippen molar-refractivity contribution in [2.75, 3.05) is 54.4 Å². The smallest absolute Gasteiger partial charge is 0.0969 e. The molecule has 0 atom stereocenters. The molecule has 0 saturated heterocycles. The van der Waals surface area contributed by atoms with E-state index < -0.39 is 0 Å². The average molecular weight is 323 g/mol. The summed E-state index contributed by atoms with van der Waals surface area (Å²) in [5.41, 5.74) is 0. The Labute approximate surface area is 139 Å². The van der Waals surface area contributed by atoms with E-state index in [0.29, 0.717) is 0 Å². The summed E-state index contributed by atoms with van der Waals surface area (Å²) in [7, 11) is 8.62. The van der Waals surface area contributed by atoms with Crippen LogP contribution < -0.4 is 24.8 Å². The Bertz CT molecular complexity index is 220. The van der Waals surface area contributed by atoms with Crippen LogP contribution in [0.25, 0.3) is 0 Å². The van der Waals surface area contributed by atoms with Gasteiger partial charge in [-0.25, -0.2) is 0 Å². The first-order chi connectivity index (χ1) is 8.24. The predicted octanol–water partition coefficient (Wildman–Crippen LogP) is -3.12. The third-order valence-electron chi connectivity index (χ3n) is 2.49. The van der Waals surface area contributed by atoms with E-state index in [0.717, 1.165) is 35.1 Å². The molecule has 0 fully saturated rings. The van der Waals surface area contributed by atoms with E-state index in [1.807, 2.05) is 24.3 Å². The number of hydrogen-bond acceptors (Lipinski definition) is 0.